The number of fused-ring (bicyclic) bond motifs is 1. The van der Waals surface area contributed by atoms with Crippen molar-refractivity contribution in [2.75, 3.05) is 25.5 Å². The SMILES string of the molecule is CN(C)CCn1ccc2cc(N(C(=O)O)c3ccc(Oc4ccccc4)cc3)ccc21. The van der Waals surface area contributed by atoms with Gasteiger partial charge < -0.3 is 19.3 Å². The van der Waals surface area contributed by atoms with Gasteiger partial charge in [0, 0.05) is 30.2 Å². The maximum Gasteiger partial charge on any atom is 0.416 e. The second kappa shape index (κ2) is 8.93. The molecule has 1 N–H and O–H groups in total. The summed E-state index contributed by atoms with van der Waals surface area (Å²) in [6, 6.07) is 24.3. The van der Waals surface area contributed by atoms with Crippen molar-refractivity contribution < 1.29 is 14.6 Å². The van der Waals surface area contributed by atoms with E-state index in [2.05, 4.69) is 9.47 Å². The van der Waals surface area contributed by atoms with Gasteiger partial charge in [0.25, 0.3) is 0 Å². The van der Waals surface area contributed by atoms with Gasteiger partial charge in [-0.1, -0.05) is 18.2 Å². The lowest BCUT2D eigenvalue weighted by Crippen LogP contribution is -2.23. The fourth-order valence-electron chi connectivity index (χ4n) is 3.49. The molecule has 3 aromatic carbocycles. The molecule has 0 saturated carbocycles. The Balaban J connectivity index is 1.58. The van der Waals surface area contributed by atoms with Crippen LogP contribution in [0.3, 0.4) is 0 Å². The summed E-state index contributed by atoms with van der Waals surface area (Å²) in [4.78, 5) is 15.5. The van der Waals surface area contributed by atoms with Gasteiger partial charge >= 0.3 is 6.09 Å². The van der Waals surface area contributed by atoms with Crippen LogP contribution in [0.25, 0.3) is 10.9 Å². The Hall–Kier alpha value is -3.77. The molecule has 31 heavy (non-hydrogen) atoms. The number of nitrogens with zero attached hydrogens (tertiary/aromatic N) is 3. The lowest BCUT2D eigenvalue weighted by molar-refractivity contribution is 0.205. The maximum absolute atomic E-state index is 12.1. The molecule has 0 saturated heterocycles. The second-order valence-corrected chi connectivity index (χ2v) is 7.58. The van der Waals surface area contributed by atoms with Crippen molar-refractivity contribution in [3.8, 4) is 11.5 Å². The Morgan fingerprint density at radius 1 is 0.903 bits per heavy atom. The first-order valence-electron chi connectivity index (χ1n) is 10.1. The fraction of sp³-hybridized carbons (Fsp3) is 0.160. The van der Waals surface area contributed by atoms with Gasteiger partial charge in [0.15, 0.2) is 0 Å². The molecule has 0 aliphatic heterocycles. The van der Waals surface area contributed by atoms with Crippen LogP contribution in [0.15, 0.2) is 85.1 Å². The number of para-hydroxylation sites is 1. The molecule has 0 aliphatic carbocycles. The summed E-state index contributed by atoms with van der Waals surface area (Å²) in [6.07, 6.45) is 1.00. The highest BCUT2D eigenvalue weighted by molar-refractivity contribution is 5.97. The zero-order valence-electron chi connectivity index (χ0n) is 17.6. The van der Waals surface area contributed by atoms with Crippen LogP contribution in [0, 0.1) is 0 Å². The summed E-state index contributed by atoms with van der Waals surface area (Å²) in [6.45, 7) is 1.81. The molecule has 6 heteroatoms. The van der Waals surface area contributed by atoms with Crippen molar-refractivity contribution >= 4 is 28.4 Å². The first kappa shape index (κ1) is 20.5. The number of hydrogen-bond acceptors (Lipinski definition) is 3. The number of aromatic nitrogens is 1. The summed E-state index contributed by atoms with van der Waals surface area (Å²) in [5.74, 6) is 1.38. The van der Waals surface area contributed by atoms with E-state index in [9.17, 15) is 9.90 Å². The van der Waals surface area contributed by atoms with Crippen LogP contribution >= 0.6 is 0 Å². The maximum atomic E-state index is 12.1. The number of carboxylic acid groups (broad SMARTS) is 1. The lowest BCUT2D eigenvalue weighted by atomic mass is 10.2. The van der Waals surface area contributed by atoms with Crippen molar-refractivity contribution in [2.24, 2.45) is 0 Å². The number of ether oxygens (including phenoxy) is 1. The highest BCUT2D eigenvalue weighted by Gasteiger charge is 2.18. The van der Waals surface area contributed by atoms with Gasteiger partial charge in [-0.25, -0.2) is 9.69 Å². The number of rotatable bonds is 7. The van der Waals surface area contributed by atoms with Crippen molar-refractivity contribution in [2.45, 2.75) is 6.54 Å². The van der Waals surface area contributed by atoms with Gasteiger partial charge in [0.1, 0.15) is 11.5 Å². The van der Waals surface area contributed by atoms with Crippen LogP contribution in [0.2, 0.25) is 0 Å². The molecule has 0 aliphatic rings. The Kier molecular flexibility index (Phi) is 5.91. The highest BCUT2D eigenvalue weighted by Crippen LogP contribution is 2.31. The molecule has 0 spiro atoms. The predicted molar refractivity (Wildman–Crippen MR) is 124 cm³/mol. The van der Waals surface area contributed by atoms with Gasteiger partial charge in [-0.05, 0) is 74.8 Å². The Bertz CT molecular complexity index is 1170. The third kappa shape index (κ3) is 4.70. The number of anilines is 2. The third-order valence-corrected chi connectivity index (χ3v) is 5.07. The minimum Gasteiger partial charge on any atom is -0.464 e. The van der Waals surface area contributed by atoms with E-state index in [1.54, 1.807) is 24.3 Å². The molecule has 0 atom stereocenters. The first-order valence-corrected chi connectivity index (χ1v) is 10.1. The van der Waals surface area contributed by atoms with E-state index >= 15 is 0 Å². The predicted octanol–water partition coefficient (Wildman–Crippen LogP) is 5.81. The van der Waals surface area contributed by atoms with E-state index < -0.39 is 6.09 Å². The average molecular weight is 415 g/mol. The molecule has 6 nitrogen and oxygen atoms in total. The topological polar surface area (TPSA) is 57.9 Å². The molecule has 4 rings (SSSR count). The molecule has 1 aromatic heterocycles. The molecular formula is C25H25N3O3. The molecular weight excluding hydrogens is 390 g/mol. The van der Waals surface area contributed by atoms with Gasteiger partial charge in [0.05, 0.1) is 11.4 Å². The number of amides is 1. The lowest BCUT2D eigenvalue weighted by Gasteiger charge is -2.20. The molecule has 4 aromatic rings. The Morgan fingerprint density at radius 3 is 2.26 bits per heavy atom. The van der Waals surface area contributed by atoms with E-state index in [0.717, 1.165) is 29.7 Å². The summed E-state index contributed by atoms with van der Waals surface area (Å²) in [5, 5.41) is 10.9. The summed E-state index contributed by atoms with van der Waals surface area (Å²) < 4.78 is 7.99. The number of carbonyl (C=O) groups is 1. The highest BCUT2D eigenvalue weighted by atomic mass is 16.5. The van der Waals surface area contributed by atoms with Crippen molar-refractivity contribution in [3.63, 3.8) is 0 Å². The van der Waals surface area contributed by atoms with Crippen LogP contribution < -0.4 is 9.64 Å². The first-order chi connectivity index (χ1) is 15.0. The molecule has 1 amide bonds. The normalized spacial score (nSPS) is 11.1. The smallest absolute Gasteiger partial charge is 0.416 e. The number of hydrogen-bond donors (Lipinski definition) is 1. The Morgan fingerprint density at radius 2 is 1.58 bits per heavy atom. The number of likely N-dealkylation sites (N-methyl/N-ethyl adjacent to an activating group) is 1. The van der Waals surface area contributed by atoms with Gasteiger partial charge in [-0.15, -0.1) is 0 Å². The van der Waals surface area contributed by atoms with Gasteiger partial charge in [0.2, 0.25) is 0 Å². The monoisotopic (exact) mass is 415 g/mol. The van der Waals surface area contributed by atoms with Crippen LogP contribution in [0.4, 0.5) is 16.2 Å². The number of benzene rings is 3. The summed E-state index contributed by atoms with van der Waals surface area (Å²) in [5.41, 5.74) is 2.24. The molecule has 1 heterocycles. The molecule has 158 valence electrons. The van der Waals surface area contributed by atoms with Crippen LogP contribution in [0.5, 0.6) is 11.5 Å². The summed E-state index contributed by atoms with van der Waals surface area (Å²) >= 11 is 0. The van der Waals surface area contributed by atoms with E-state index in [1.165, 1.54) is 4.90 Å². The zero-order chi connectivity index (χ0) is 21.8. The van der Waals surface area contributed by atoms with Crippen LogP contribution in [-0.2, 0) is 6.54 Å². The summed E-state index contributed by atoms with van der Waals surface area (Å²) in [7, 11) is 4.09. The standard InChI is InChI=1S/C25H25N3O3/c1-26(2)16-17-27-15-14-19-18-21(10-13-24(19)27)28(25(29)30)20-8-11-23(12-9-20)31-22-6-4-3-5-7-22/h3-15,18H,16-17H2,1-2H3,(H,29,30). The quantitative estimate of drug-likeness (QED) is 0.414. The van der Waals surface area contributed by atoms with E-state index in [1.807, 2.05) is 74.9 Å². The molecule has 0 fully saturated rings. The largest absolute Gasteiger partial charge is 0.464 e. The molecule has 0 radical (unpaired) electrons. The zero-order valence-corrected chi connectivity index (χ0v) is 17.6. The van der Waals surface area contributed by atoms with Gasteiger partial charge in [-0.3, -0.25) is 0 Å². The average Bonchev–Trinajstić information content (AvgIpc) is 3.16. The fourth-order valence-corrected chi connectivity index (χ4v) is 3.49. The minimum atomic E-state index is -1.04. The van der Waals surface area contributed by atoms with E-state index in [4.69, 9.17) is 4.74 Å². The molecule has 0 unspecified atom stereocenters. The van der Waals surface area contributed by atoms with Crippen molar-refractivity contribution in [1.82, 2.24) is 9.47 Å². The third-order valence-electron chi connectivity index (χ3n) is 5.07. The van der Waals surface area contributed by atoms with E-state index in [-0.39, 0.29) is 0 Å². The Labute approximate surface area is 181 Å². The van der Waals surface area contributed by atoms with Crippen LogP contribution in [-0.4, -0.2) is 41.3 Å². The van der Waals surface area contributed by atoms with E-state index in [0.29, 0.717) is 17.1 Å². The van der Waals surface area contributed by atoms with Crippen molar-refractivity contribution in [1.29, 1.82) is 0 Å². The van der Waals surface area contributed by atoms with Crippen LogP contribution in [0.1, 0.15) is 0 Å². The molecule has 0 bridgehead atoms. The van der Waals surface area contributed by atoms with Crippen molar-refractivity contribution in [3.05, 3.63) is 85.1 Å². The minimum absolute atomic E-state index is 0.555. The second-order valence-electron chi connectivity index (χ2n) is 7.58. The van der Waals surface area contributed by atoms with Gasteiger partial charge in [-0.2, -0.15) is 0 Å².